The van der Waals surface area contributed by atoms with Gasteiger partial charge in [0.15, 0.2) is 5.75 Å². The number of hydrogen-bond acceptors (Lipinski definition) is 2. The summed E-state index contributed by atoms with van der Waals surface area (Å²) in [6, 6.07) is 5.85. The van der Waals surface area contributed by atoms with Crippen LogP contribution in [0, 0.1) is 5.82 Å². The summed E-state index contributed by atoms with van der Waals surface area (Å²) >= 11 is 0. The summed E-state index contributed by atoms with van der Waals surface area (Å²) in [6.07, 6.45) is -9.95. The molecule has 0 saturated heterocycles. The van der Waals surface area contributed by atoms with Crippen molar-refractivity contribution < 1.29 is 35.6 Å². The highest BCUT2D eigenvalue weighted by atomic mass is 19.4. The molecule has 2 nitrogen and oxygen atoms in total. The van der Waals surface area contributed by atoms with E-state index in [0.717, 1.165) is 12.1 Å². The second-order valence-corrected chi connectivity index (χ2v) is 5.19. The Morgan fingerprint density at radius 1 is 0.923 bits per heavy atom. The summed E-state index contributed by atoms with van der Waals surface area (Å²) in [5.74, 6) is -0.475. The van der Waals surface area contributed by atoms with Crippen LogP contribution in [0.2, 0.25) is 0 Å². The predicted octanol–water partition coefficient (Wildman–Crippen LogP) is 6.06. The van der Waals surface area contributed by atoms with E-state index in [1.54, 1.807) is 0 Å². The van der Waals surface area contributed by atoms with Gasteiger partial charge in [-0.05, 0) is 42.8 Å². The van der Waals surface area contributed by atoms with E-state index >= 15 is 0 Å². The van der Waals surface area contributed by atoms with Gasteiger partial charge in [-0.25, -0.2) is 4.39 Å². The molecule has 0 spiro atoms. The van der Waals surface area contributed by atoms with Gasteiger partial charge in [0.05, 0.1) is 16.8 Å². The summed E-state index contributed by atoms with van der Waals surface area (Å²) in [5.41, 5.74) is -3.59. The maximum Gasteiger partial charge on any atom is 0.417 e. The third kappa shape index (κ3) is 4.74. The van der Waals surface area contributed by atoms with Crippen LogP contribution in [0.25, 0.3) is 0 Å². The van der Waals surface area contributed by atoms with Crippen molar-refractivity contribution in [1.82, 2.24) is 0 Å². The largest absolute Gasteiger partial charge is 0.417 e. The van der Waals surface area contributed by atoms with Gasteiger partial charge in [0, 0.05) is 5.56 Å². The van der Waals surface area contributed by atoms with Gasteiger partial charge >= 0.3 is 12.4 Å². The third-order valence-electron chi connectivity index (χ3n) is 3.37. The van der Waals surface area contributed by atoms with Crippen molar-refractivity contribution >= 4 is 5.71 Å². The molecule has 2 aromatic carbocycles. The second kappa shape index (κ2) is 7.35. The fraction of sp³-hybridized carbons (Fsp3) is 0.235. The van der Waals surface area contributed by atoms with Gasteiger partial charge in [0.1, 0.15) is 5.82 Å². The average molecular weight is 379 g/mol. The molecule has 0 aliphatic rings. The minimum Gasteiger partial charge on any atom is -0.357 e. The van der Waals surface area contributed by atoms with Gasteiger partial charge in [-0.15, -0.1) is 0 Å². The van der Waals surface area contributed by atoms with E-state index < -0.39 is 34.9 Å². The van der Waals surface area contributed by atoms with Crippen LogP contribution < -0.4 is 4.84 Å². The highest BCUT2D eigenvalue weighted by molar-refractivity contribution is 6.01. The number of nitrogens with zero attached hydrogens (tertiary/aromatic N) is 1. The van der Waals surface area contributed by atoms with Gasteiger partial charge in [-0.3, -0.25) is 0 Å². The zero-order chi connectivity index (χ0) is 19.5. The summed E-state index contributed by atoms with van der Waals surface area (Å²) in [5, 5.41) is 3.59. The summed E-state index contributed by atoms with van der Waals surface area (Å²) < 4.78 is 90.6. The molecule has 0 unspecified atom stereocenters. The van der Waals surface area contributed by atoms with E-state index in [1.165, 1.54) is 19.1 Å². The standard InChI is InChI=1S/C17H12F7NO/c1-2-15(25-26-12-6-4-11(18)5-7-12)13-8-3-10(16(19,20)21)9-14(13)17(22,23)24/h3-9H,2H2,1H3/b25-15+. The number of halogens is 7. The number of benzene rings is 2. The van der Waals surface area contributed by atoms with Gasteiger partial charge < -0.3 is 4.84 Å². The lowest BCUT2D eigenvalue weighted by Gasteiger charge is -2.16. The summed E-state index contributed by atoms with van der Waals surface area (Å²) in [4.78, 5) is 4.97. The first-order chi connectivity index (χ1) is 12.0. The van der Waals surface area contributed by atoms with E-state index in [1.807, 2.05) is 0 Å². The molecule has 0 aliphatic carbocycles. The lowest BCUT2D eigenvalue weighted by molar-refractivity contribution is -0.143. The van der Waals surface area contributed by atoms with Crippen molar-refractivity contribution in [3.05, 3.63) is 65.0 Å². The molecule has 0 saturated carbocycles. The molecule has 0 aromatic heterocycles. The molecular weight excluding hydrogens is 367 g/mol. The molecule has 9 heteroatoms. The first kappa shape index (κ1) is 19.7. The minimum absolute atomic E-state index is 0.0321. The zero-order valence-corrected chi connectivity index (χ0v) is 13.2. The number of rotatable bonds is 4. The molecule has 26 heavy (non-hydrogen) atoms. The fourth-order valence-electron chi connectivity index (χ4n) is 2.11. The van der Waals surface area contributed by atoms with Crippen molar-refractivity contribution in [2.45, 2.75) is 25.7 Å². The van der Waals surface area contributed by atoms with Gasteiger partial charge in [-0.1, -0.05) is 18.1 Å². The SMILES string of the molecule is CC/C(=N\Oc1ccc(F)cc1)c1ccc(C(F)(F)F)cc1C(F)(F)F. The molecule has 0 fully saturated rings. The maximum absolute atomic E-state index is 13.2. The van der Waals surface area contributed by atoms with Gasteiger partial charge in [-0.2, -0.15) is 26.3 Å². The van der Waals surface area contributed by atoms with E-state index in [4.69, 9.17) is 4.84 Å². The Kier molecular flexibility index (Phi) is 5.58. The predicted molar refractivity (Wildman–Crippen MR) is 80.3 cm³/mol. The molecule has 2 aromatic rings. The van der Waals surface area contributed by atoms with E-state index in [0.29, 0.717) is 12.1 Å². The van der Waals surface area contributed by atoms with Crippen LogP contribution in [0.5, 0.6) is 5.75 Å². The van der Waals surface area contributed by atoms with Crippen molar-refractivity contribution in [3.8, 4) is 5.75 Å². The lowest BCUT2D eigenvalue weighted by atomic mass is 9.98. The Hall–Kier alpha value is -2.58. The average Bonchev–Trinajstić information content (AvgIpc) is 2.55. The number of alkyl halides is 6. The quantitative estimate of drug-likeness (QED) is 0.360. The van der Waals surface area contributed by atoms with E-state index in [-0.39, 0.29) is 23.9 Å². The lowest BCUT2D eigenvalue weighted by Crippen LogP contribution is -2.16. The Balaban J connectivity index is 2.45. The second-order valence-electron chi connectivity index (χ2n) is 5.19. The number of oxime groups is 1. The van der Waals surface area contributed by atoms with E-state index in [2.05, 4.69) is 5.16 Å². The van der Waals surface area contributed by atoms with Crippen LogP contribution in [-0.2, 0) is 12.4 Å². The molecule has 0 bridgehead atoms. The molecular formula is C17H12F7NO. The van der Waals surface area contributed by atoms with Crippen LogP contribution in [0.1, 0.15) is 30.0 Å². The molecule has 0 heterocycles. The molecule has 0 amide bonds. The molecule has 2 rings (SSSR count). The first-order valence-corrected chi connectivity index (χ1v) is 7.30. The number of hydrogen-bond donors (Lipinski definition) is 0. The molecule has 0 atom stereocenters. The molecule has 0 aliphatic heterocycles. The van der Waals surface area contributed by atoms with Crippen molar-refractivity contribution in [2.24, 2.45) is 5.16 Å². The van der Waals surface area contributed by atoms with Crippen molar-refractivity contribution in [3.63, 3.8) is 0 Å². The Morgan fingerprint density at radius 3 is 2.04 bits per heavy atom. The Bertz CT molecular complexity index is 792. The van der Waals surface area contributed by atoms with Crippen LogP contribution in [-0.4, -0.2) is 5.71 Å². The smallest absolute Gasteiger partial charge is 0.357 e. The molecule has 140 valence electrons. The Labute approximate surface area is 143 Å². The van der Waals surface area contributed by atoms with Crippen LogP contribution in [0.3, 0.4) is 0 Å². The van der Waals surface area contributed by atoms with Crippen LogP contribution >= 0.6 is 0 Å². The van der Waals surface area contributed by atoms with Gasteiger partial charge in [0.2, 0.25) is 0 Å². The summed E-state index contributed by atoms with van der Waals surface area (Å²) in [6.45, 7) is 1.48. The van der Waals surface area contributed by atoms with Crippen molar-refractivity contribution in [2.75, 3.05) is 0 Å². The maximum atomic E-state index is 13.2. The third-order valence-corrected chi connectivity index (χ3v) is 3.37. The van der Waals surface area contributed by atoms with Crippen LogP contribution in [0.4, 0.5) is 30.7 Å². The highest BCUT2D eigenvalue weighted by Gasteiger charge is 2.38. The zero-order valence-electron chi connectivity index (χ0n) is 13.2. The van der Waals surface area contributed by atoms with Crippen molar-refractivity contribution in [1.29, 1.82) is 0 Å². The summed E-state index contributed by atoms with van der Waals surface area (Å²) in [7, 11) is 0. The Morgan fingerprint density at radius 2 is 1.54 bits per heavy atom. The normalized spacial score (nSPS) is 13.0. The highest BCUT2D eigenvalue weighted by Crippen LogP contribution is 2.37. The molecule has 0 N–H and O–H groups in total. The first-order valence-electron chi connectivity index (χ1n) is 7.30. The fourth-order valence-corrected chi connectivity index (χ4v) is 2.11. The topological polar surface area (TPSA) is 21.6 Å². The van der Waals surface area contributed by atoms with Crippen LogP contribution in [0.15, 0.2) is 47.6 Å². The minimum atomic E-state index is -5.01. The van der Waals surface area contributed by atoms with E-state index in [9.17, 15) is 30.7 Å². The molecule has 0 radical (unpaired) electrons. The van der Waals surface area contributed by atoms with Gasteiger partial charge in [0.25, 0.3) is 0 Å². The monoisotopic (exact) mass is 379 g/mol.